The molecule has 0 N–H and O–H groups in total. The van der Waals surface area contributed by atoms with E-state index in [1.165, 1.54) is 0 Å². The number of para-hydroxylation sites is 1. The number of nitrogens with zero attached hydrogens (tertiary/aromatic N) is 5. The van der Waals surface area contributed by atoms with E-state index in [9.17, 15) is 4.79 Å². The van der Waals surface area contributed by atoms with E-state index >= 15 is 0 Å². The first-order valence-corrected chi connectivity index (χ1v) is 8.70. The van der Waals surface area contributed by atoms with Crippen molar-refractivity contribution in [2.24, 2.45) is 0 Å². The molecule has 0 bridgehead atoms. The lowest BCUT2D eigenvalue weighted by Crippen LogP contribution is -2.30. The van der Waals surface area contributed by atoms with Gasteiger partial charge in [-0.05, 0) is 19.1 Å². The van der Waals surface area contributed by atoms with Crippen LogP contribution in [0.1, 0.15) is 5.82 Å². The van der Waals surface area contributed by atoms with Crippen molar-refractivity contribution >= 4 is 22.8 Å². The first-order chi connectivity index (χ1) is 13.1. The summed E-state index contributed by atoms with van der Waals surface area (Å²) < 4.78 is 1.84. The number of aromatic nitrogens is 4. The molecule has 6 nitrogen and oxygen atoms in total. The molecule has 0 fully saturated rings. The number of rotatable bonds is 4. The second kappa shape index (κ2) is 6.99. The maximum absolute atomic E-state index is 12.8. The molecule has 4 aromatic rings. The highest BCUT2D eigenvalue weighted by molar-refractivity contribution is 5.93. The fourth-order valence-corrected chi connectivity index (χ4v) is 2.98. The number of fused-ring (bicyclic) bond motifs is 1. The molecule has 0 saturated heterocycles. The van der Waals surface area contributed by atoms with Gasteiger partial charge in [0, 0.05) is 18.3 Å². The number of hydrogen-bond donors (Lipinski definition) is 0. The number of likely N-dealkylation sites (N-methyl/N-ethyl adjacent to an activating group) is 1. The summed E-state index contributed by atoms with van der Waals surface area (Å²) in [5.74, 6) is 1.32. The van der Waals surface area contributed by atoms with Crippen LogP contribution in [0, 0.1) is 6.92 Å². The zero-order valence-electron chi connectivity index (χ0n) is 15.2. The first kappa shape index (κ1) is 16.9. The molecule has 2 aromatic heterocycles. The van der Waals surface area contributed by atoms with E-state index in [1.54, 1.807) is 18.1 Å². The van der Waals surface area contributed by atoms with Crippen molar-refractivity contribution < 1.29 is 4.79 Å². The fourth-order valence-electron chi connectivity index (χ4n) is 2.98. The summed E-state index contributed by atoms with van der Waals surface area (Å²) in [4.78, 5) is 28.0. The van der Waals surface area contributed by atoms with Crippen LogP contribution in [0.5, 0.6) is 0 Å². The third kappa shape index (κ3) is 3.29. The number of amides is 1. The quantitative estimate of drug-likeness (QED) is 0.561. The van der Waals surface area contributed by atoms with Gasteiger partial charge in [0.1, 0.15) is 17.9 Å². The number of hydrogen-bond acceptors (Lipinski definition) is 4. The van der Waals surface area contributed by atoms with E-state index < -0.39 is 0 Å². The van der Waals surface area contributed by atoms with Crippen LogP contribution in [-0.4, -0.2) is 32.5 Å². The van der Waals surface area contributed by atoms with Gasteiger partial charge in [-0.15, -0.1) is 0 Å². The number of carbonyl (C=O) groups is 1. The predicted octanol–water partition coefficient (Wildman–Crippen LogP) is 3.46. The summed E-state index contributed by atoms with van der Waals surface area (Å²) in [7, 11) is 1.77. The van der Waals surface area contributed by atoms with Crippen LogP contribution in [0.2, 0.25) is 0 Å². The Kier molecular flexibility index (Phi) is 4.38. The molecule has 1 amide bonds. The van der Waals surface area contributed by atoms with E-state index in [2.05, 4.69) is 15.0 Å². The van der Waals surface area contributed by atoms with Crippen molar-refractivity contribution in [2.75, 3.05) is 11.9 Å². The molecule has 0 spiro atoms. The highest BCUT2D eigenvalue weighted by Gasteiger charge is 2.17. The zero-order chi connectivity index (χ0) is 18.8. The van der Waals surface area contributed by atoms with Gasteiger partial charge >= 0.3 is 0 Å². The molecule has 0 saturated carbocycles. The van der Waals surface area contributed by atoms with Gasteiger partial charge in [-0.2, -0.15) is 0 Å². The van der Waals surface area contributed by atoms with Crippen molar-refractivity contribution in [3.8, 4) is 11.4 Å². The van der Waals surface area contributed by atoms with Crippen LogP contribution in [-0.2, 0) is 11.3 Å². The van der Waals surface area contributed by atoms with E-state index in [4.69, 9.17) is 0 Å². The summed E-state index contributed by atoms with van der Waals surface area (Å²) in [6.07, 6.45) is 1.71. The van der Waals surface area contributed by atoms with Gasteiger partial charge in [0.2, 0.25) is 5.91 Å². The number of imidazole rings is 1. The van der Waals surface area contributed by atoms with E-state index in [1.807, 2.05) is 72.2 Å². The molecule has 0 unspecified atom stereocenters. The Morgan fingerprint density at radius 1 is 1.00 bits per heavy atom. The van der Waals surface area contributed by atoms with Gasteiger partial charge in [0.25, 0.3) is 0 Å². The summed E-state index contributed by atoms with van der Waals surface area (Å²) >= 11 is 0. The Labute approximate surface area is 157 Å². The van der Waals surface area contributed by atoms with Gasteiger partial charge in [-0.3, -0.25) is 4.79 Å². The third-order valence-corrected chi connectivity index (χ3v) is 4.52. The summed E-state index contributed by atoms with van der Waals surface area (Å²) in [5, 5.41) is 0. The molecular weight excluding hydrogens is 338 g/mol. The average molecular weight is 357 g/mol. The summed E-state index contributed by atoms with van der Waals surface area (Å²) in [6, 6.07) is 19.3. The molecule has 6 heteroatoms. The third-order valence-electron chi connectivity index (χ3n) is 4.52. The SMILES string of the molecule is Cc1nc2cnc(-c3ccccc3)nc2n1CC(=O)N(C)c1ccccc1. The normalized spacial score (nSPS) is 10.9. The molecule has 0 aliphatic heterocycles. The van der Waals surface area contributed by atoms with Gasteiger partial charge in [0.05, 0.1) is 6.20 Å². The lowest BCUT2D eigenvalue weighted by atomic mass is 10.2. The number of aryl methyl sites for hydroxylation is 1. The smallest absolute Gasteiger partial charge is 0.246 e. The average Bonchev–Trinajstić information content (AvgIpc) is 3.03. The lowest BCUT2D eigenvalue weighted by molar-refractivity contribution is -0.118. The standard InChI is InChI=1S/C21H19N5O/c1-15-23-18-13-22-20(16-9-5-3-6-10-16)24-21(18)26(15)14-19(27)25(2)17-11-7-4-8-12-17/h3-13H,14H2,1-2H3. The van der Waals surface area contributed by atoms with Gasteiger partial charge < -0.3 is 9.47 Å². The highest BCUT2D eigenvalue weighted by atomic mass is 16.2. The largest absolute Gasteiger partial charge is 0.314 e. The van der Waals surface area contributed by atoms with Crippen LogP contribution in [0.15, 0.2) is 66.9 Å². The molecule has 0 atom stereocenters. The minimum absolute atomic E-state index is 0.0385. The maximum Gasteiger partial charge on any atom is 0.246 e. The summed E-state index contributed by atoms with van der Waals surface area (Å²) in [5.41, 5.74) is 3.13. The van der Waals surface area contributed by atoms with Crippen LogP contribution in [0.25, 0.3) is 22.6 Å². The second-order valence-corrected chi connectivity index (χ2v) is 6.30. The predicted molar refractivity (Wildman–Crippen MR) is 105 cm³/mol. The Morgan fingerprint density at radius 2 is 1.67 bits per heavy atom. The maximum atomic E-state index is 12.8. The topological polar surface area (TPSA) is 63.9 Å². The monoisotopic (exact) mass is 357 g/mol. The molecule has 0 radical (unpaired) electrons. The Hall–Kier alpha value is -3.54. The fraction of sp³-hybridized carbons (Fsp3) is 0.143. The van der Waals surface area contributed by atoms with Crippen molar-refractivity contribution in [1.29, 1.82) is 0 Å². The molecule has 4 rings (SSSR count). The first-order valence-electron chi connectivity index (χ1n) is 8.70. The highest BCUT2D eigenvalue weighted by Crippen LogP contribution is 2.20. The zero-order valence-corrected chi connectivity index (χ0v) is 15.2. The lowest BCUT2D eigenvalue weighted by Gasteiger charge is -2.18. The van der Waals surface area contributed by atoms with Crippen LogP contribution >= 0.6 is 0 Å². The minimum Gasteiger partial charge on any atom is -0.314 e. The number of benzene rings is 2. The molecule has 2 aromatic carbocycles. The number of carbonyl (C=O) groups excluding carboxylic acids is 1. The van der Waals surface area contributed by atoms with Crippen molar-refractivity contribution in [3.05, 3.63) is 72.7 Å². The number of anilines is 1. The van der Waals surface area contributed by atoms with Crippen molar-refractivity contribution in [3.63, 3.8) is 0 Å². The Morgan fingerprint density at radius 3 is 2.37 bits per heavy atom. The van der Waals surface area contributed by atoms with E-state index in [0.717, 1.165) is 17.1 Å². The van der Waals surface area contributed by atoms with Crippen molar-refractivity contribution in [2.45, 2.75) is 13.5 Å². The summed E-state index contributed by atoms with van der Waals surface area (Å²) in [6.45, 7) is 2.04. The minimum atomic E-state index is -0.0385. The molecule has 134 valence electrons. The van der Waals surface area contributed by atoms with Crippen LogP contribution in [0.3, 0.4) is 0 Å². The second-order valence-electron chi connectivity index (χ2n) is 6.30. The Bertz CT molecular complexity index is 1090. The van der Waals surface area contributed by atoms with E-state index in [0.29, 0.717) is 17.0 Å². The van der Waals surface area contributed by atoms with Crippen molar-refractivity contribution in [1.82, 2.24) is 19.5 Å². The molecule has 27 heavy (non-hydrogen) atoms. The van der Waals surface area contributed by atoms with Gasteiger partial charge in [-0.1, -0.05) is 48.5 Å². The van der Waals surface area contributed by atoms with E-state index in [-0.39, 0.29) is 12.5 Å². The molecule has 2 heterocycles. The van der Waals surface area contributed by atoms with Crippen LogP contribution < -0.4 is 4.90 Å². The van der Waals surface area contributed by atoms with Gasteiger partial charge in [0.15, 0.2) is 11.5 Å². The molecular formula is C21H19N5O. The van der Waals surface area contributed by atoms with Gasteiger partial charge in [-0.25, -0.2) is 15.0 Å². The van der Waals surface area contributed by atoms with Crippen LogP contribution in [0.4, 0.5) is 5.69 Å². The molecule has 0 aliphatic rings. The Balaban J connectivity index is 1.69. The molecule has 0 aliphatic carbocycles.